The van der Waals surface area contributed by atoms with Crippen molar-refractivity contribution in [3.8, 4) is 11.5 Å². The molecular weight excluding hydrogens is 1060 g/mol. The van der Waals surface area contributed by atoms with Crippen molar-refractivity contribution < 1.29 is 87.3 Å². The molecule has 77 heavy (non-hydrogen) atoms. The van der Waals surface area contributed by atoms with Crippen molar-refractivity contribution in [2.24, 2.45) is 11.8 Å². The molecule has 0 aliphatic carbocycles. The molecule has 2 aromatic carbocycles. The number of hydrogen-bond acceptors (Lipinski definition) is 17. The van der Waals surface area contributed by atoms with Gasteiger partial charge >= 0.3 is 32.8 Å². The number of likely N-dealkylation sites (N-methyl/N-ethyl adjacent to an activating group) is 1. The van der Waals surface area contributed by atoms with Gasteiger partial charge in [0.05, 0.1) is 0 Å². The van der Waals surface area contributed by atoms with Crippen LogP contribution in [0.25, 0.3) is 0 Å². The Labute approximate surface area is 443 Å². The Balaban J connectivity index is 1.83. The molecule has 8 unspecified atom stereocenters. The van der Waals surface area contributed by atoms with Crippen LogP contribution in [0.4, 0.5) is 10.5 Å². The number of aliphatic hydroxyl groups is 1. The van der Waals surface area contributed by atoms with E-state index in [4.69, 9.17) is 4.74 Å². The van der Waals surface area contributed by atoms with E-state index in [1.165, 1.54) is 47.6 Å². The summed E-state index contributed by atoms with van der Waals surface area (Å²) in [4.78, 5) is 131. The second-order valence-electron chi connectivity index (χ2n) is 19.0. The van der Waals surface area contributed by atoms with Crippen LogP contribution < -0.4 is 45.6 Å². The highest BCUT2D eigenvalue weighted by Gasteiger charge is 2.46. The van der Waals surface area contributed by atoms with Crippen LogP contribution in [-0.4, -0.2) is 156 Å². The molecule has 2 fully saturated rings. The molecule has 3 heterocycles. The Morgan fingerprint density at radius 2 is 1.48 bits per heavy atom. The number of esters is 1. The van der Waals surface area contributed by atoms with Crippen LogP contribution in [0.1, 0.15) is 78.4 Å². The van der Waals surface area contributed by atoms with Gasteiger partial charge in [0.2, 0.25) is 29.5 Å². The van der Waals surface area contributed by atoms with Crippen molar-refractivity contribution in [2.75, 3.05) is 18.9 Å². The standard InChI is InChI=1S/C47H63N9O19S2/c1-8-28-40(59)51-30-16-17-36(57)56(44(30)63)33(19-26-13-10-9-11-14-26)45(64)55(7)32-20-27-21-34(74-76(67,68)69)35(75-77(70,71)72)22-31(27)52-47(66)48-18-12-15-29(50-39(58)24(4)5)41(60)54-38(43(62)49-28)25(6)73-46(65)37(23(2)3)53-42(32)61/h8-11,13-14,21-25,29-30,32-33,36-38,57H,12,15-20H2,1-7H3,(H,49,62)(H,50,58)(H,51,59)(H,53,61)(H,54,60)(H2,48,52,66)(H,67,68,69)(H,70,71,72). The summed E-state index contributed by atoms with van der Waals surface area (Å²) in [6, 6.07) is -1.83. The number of hydrogen-bond donors (Lipinski definition) is 10. The van der Waals surface area contributed by atoms with Gasteiger partial charge in [-0.25, -0.2) is 9.59 Å². The maximum Gasteiger partial charge on any atom is 0.446 e. The van der Waals surface area contributed by atoms with E-state index in [0.29, 0.717) is 17.7 Å². The van der Waals surface area contributed by atoms with E-state index in [2.05, 4.69) is 45.6 Å². The predicted molar refractivity (Wildman–Crippen MR) is 268 cm³/mol. The average molecular weight is 1120 g/mol. The van der Waals surface area contributed by atoms with Crippen LogP contribution >= 0.6 is 0 Å². The quantitative estimate of drug-likeness (QED) is 0.0826. The molecule has 422 valence electrons. The first-order chi connectivity index (χ1) is 36.0. The van der Waals surface area contributed by atoms with Gasteiger partial charge in [-0.2, -0.15) is 16.8 Å². The SMILES string of the molecule is CC=C1NC(=O)C2NC(=O)C(NC(=O)C(C)C)CCCNC(=O)Nc3cc(OS(=O)(=O)O)c(OS(=O)(=O)O)cc3CC(C(=O)NC(C(C)C)C(=O)OC2C)N(C)C(=O)C(Cc2ccccc2)N2C(=O)C(CCC2O)NC1=O. The summed E-state index contributed by atoms with van der Waals surface area (Å²) in [7, 11) is -10.0. The zero-order valence-corrected chi connectivity index (χ0v) is 44.6. The summed E-state index contributed by atoms with van der Waals surface area (Å²) in [5, 5.41) is 29.0. The highest BCUT2D eigenvalue weighted by molar-refractivity contribution is 7.81. The van der Waals surface area contributed by atoms with E-state index in [0.717, 1.165) is 16.8 Å². The second kappa shape index (κ2) is 25.6. The Morgan fingerprint density at radius 3 is 2.08 bits per heavy atom. The number of piperidine rings is 1. The van der Waals surface area contributed by atoms with Gasteiger partial charge in [-0.1, -0.05) is 64.1 Å². The van der Waals surface area contributed by atoms with Crippen LogP contribution in [0.15, 0.2) is 54.2 Å². The third kappa shape index (κ3) is 16.3. The summed E-state index contributed by atoms with van der Waals surface area (Å²) < 4.78 is 82.8. The molecule has 2 saturated heterocycles. The minimum atomic E-state index is -5.57. The first-order valence-corrected chi connectivity index (χ1v) is 27.0. The third-order valence-corrected chi connectivity index (χ3v) is 13.4. The highest BCUT2D eigenvalue weighted by Crippen LogP contribution is 2.37. The lowest BCUT2D eigenvalue weighted by Crippen LogP contribution is -2.64. The number of amides is 9. The third-order valence-electron chi connectivity index (χ3n) is 12.6. The van der Waals surface area contributed by atoms with Gasteiger partial charge in [-0.05, 0) is 62.6 Å². The first kappa shape index (κ1) is 60.5. The maximum absolute atomic E-state index is 15.4. The van der Waals surface area contributed by atoms with E-state index in [1.807, 2.05) is 0 Å². The smallest absolute Gasteiger partial charge is 0.446 e. The topological polar surface area (TPSA) is 401 Å². The minimum Gasteiger partial charge on any atom is -0.458 e. The fourth-order valence-electron chi connectivity index (χ4n) is 8.50. The molecule has 0 radical (unpaired) electrons. The Morgan fingerprint density at radius 1 is 0.844 bits per heavy atom. The summed E-state index contributed by atoms with van der Waals surface area (Å²) in [6.45, 7) is 8.30. The summed E-state index contributed by atoms with van der Waals surface area (Å²) in [5.41, 5.74) is -0.948. The number of fused-ring (bicyclic) bond motifs is 10. The van der Waals surface area contributed by atoms with Crippen molar-refractivity contribution in [3.63, 3.8) is 0 Å². The number of nitrogens with one attached hydrogen (secondary N) is 7. The second-order valence-corrected chi connectivity index (χ2v) is 21.0. The molecule has 5 rings (SSSR count). The fraction of sp³-hybridized carbons (Fsp3) is 0.511. The van der Waals surface area contributed by atoms with Gasteiger partial charge in [-0.15, -0.1) is 0 Å². The number of allylic oxidation sites excluding steroid dienone is 1. The maximum atomic E-state index is 15.4. The van der Waals surface area contributed by atoms with Gasteiger partial charge in [0.15, 0.2) is 11.5 Å². The average Bonchev–Trinajstić information content (AvgIpc) is 3.34. The van der Waals surface area contributed by atoms with Crippen molar-refractivity contribution >= 4 is 79.8 Å². The fourth-order valence-corrected chi connectivity index (χ4v) is 9.21. The van der Waals surface area contributed by atoms with Crippen LogP contribution in [0, 0.1) is 11.8 Å². The molecule has 0 aromatic heterocycles. The number of carbonyl (C=O) groups is 9. The van der Waals surface area contributed by atoms with Crippen LogP contribution in [0.2, 0.25) is 0 Å². The molecule has 2 aromatic rings. The van der Waals surface area contributed by atoms with E-state index in [9.17, 15) is 64.6 Å². The Kier molecular flexibility index (Phi) is 20.1. The molecule has 4 bridgehead atoms. The summed E-state index contributed by atoms with van der Waals surface area (Å²) in [6.07, 6.45) is -4.13. The number of urea groups is 1. The predicted octanol–water partition coefficient (Wildman–Crippen LogP) is -0.897. The lowest BCUT2D eigenvalue weighted by Gasteiger charge is -2.43. The Hall–Kier alpha value is -7.41. The van der Waals surface area contributed by atoms with Crippen molar-refractivity contribution in [2.45, 2.75) is 129 Å². The molecule has 3 aliphatic rings. The highest BCUT2D eigenvalue weighted by atomic mass is 32.3. The number of benzene rings is 2. The molecule has 9 amide bonds. The van der Waals surface area contributed by atoms with Gasteiger partial charge in [-0.3, -0.25) is 42.7 Å². The normalized spacial score (nSPS) is 25.6. The van der Waals surface area contributed by atoms with Crippen LogP contribution in [0.5, 0.6) is 11.5 Å². The van der Waals surface area contributed by atoms with E-state index < -0.39 is 169 Å². The lowest BCUT2D eigenvalue weighted by molar-refractivity contribution is -0.165. The summed E-state index contributed by atoms with van der Waals surface area (Å²) in [5.74, 6) is -12.1. The molecule has 0 spiro atoms. The number of nitrogens with zero attached hydrogens (tertiary/aromatic N) is 2. The molecule has 30 heteroatoms. The number of aliphatic hydroxyl groups excluding tert-OH is 1. The van der Waals surface area contributed by atoms with E-state index in [1.54, 1.807) is 30.3 Å². The zero-order valence-electron chi connectivity index (χ0n) is 42.9. The van der Waals surface area contributed by atoms with Crippen molar-refractivity contribution in [1.29, 1.82) is 0 Å². The number of ether oxygens (including phenoxy) is 1. The monoisotopic (exact) mass is 1120 g/mol. The molecule has 10 N–H and O–H groups in total. The largest absolute Gasteiger partial charge is 0.458 e. The van der Waals surface area contributed by atoms with Gasteiger partial charge < -0.3 is 65.2 Å². The van der Waals surface area contributed by atoms with Crippen LogP contribution in [-0.2, 0) is 76.7 Å². The summed E-state index contributed by atoms with van der Waals surface area (Å²) >= 11 is 0. The van der Waals surface area contributed by atoms with Gasteiger partial charge in [0.1, 0.15) is 54.3 Å². The van der Waals surface area contributed by atoms with E-state index in [-0.39, 0.29) is 38.6 Å². The van der Waals surface area contributed by atoms with Crippen molar-refractivity contribution in [1.82, 2.24) is 41.7 Å². The molecule has 3 aliphatic heterocycles. The molecular formula is C47H63N9O19S2. The minimum absolute atomic E-state index is 0.0970. The van der Waals surface area contributed by atoms with Gasteiger partial charge in [0, 0.05) is 44.1 Å². The number of carbonyl (C=O) groups excluding carboxylic acids is 9. The first-order valence-electron chi connectivity index (χ1n) is 24.2. The molecule has 0 saturated carbocycles. The zero-order chi connectivity index (χ0) is 57.3. The van der Waals surface area contributed by atoms with E-state index >= 15 is 9.59 Å². The lowest BCUT2D eigenvalue weighted by atomic mass is 9.95. The van der Waals surface area contributed by atoms with Crippen LogP contribution in [0.3, 0.4) is 0 Å². The molecule has 8 atom stereocenters. The number of anilines is 1. The van der Waals surface area contributed by atoms with Crippen molar-refractivity contribution in [3.05, 3.63) is 65.4 Å². The number of rotatable bonds is 9. The molecule has 28 nitrogen and oxygen atoms in total. The Bertz CT molecular complexity index is 2870. The van der Waals surface area contributed by atoms with Gasteiger partial charge in [0.25, 0.3) is 11.8 Å².